The summed E-state index contributed by atoms with van der Waals surface area (Å²) in [5.41, 5.74) is 1.23. The molecular weight excluding hydrogens is 342 g/mol. The molecule has 2 saturated heterocycles. The van der Waals surface area contributed by atoms with Crippen LogP contribution in [0.1, 0.15) is 24.8 Å². The molecule has 27 heavy (non-hydrogen) atoms. The first-order valence-corrected chi connectivity index (χ1v) is 10.2. The first-order valence-electron chi connectivity index (χ1n) is 10.2. The second-order valence-electron chi connectivity index (χ2n) is 7.89. The summed E-state index contributed by atoms with van der Waals surface area (Å²) in [6.07, 6.45) is 3.23. The Bertz CT molecular complexity index is 578. The maximum Gasteiger partial charge on any atom is 0.161 e. The van der Waals surface area contributed by atoms with Crippen molar-refractivity contribution in [1.82, 2.24) is 14.7 Å². The van der Waals surface area contributed by atoms with E-state index in [0.717, 1.165) is 50.6 Å². The van der Waals surface area contributed by atoms with Crippen molar-refractivity contribution in [2.75, 3.05) is 66.6 Å². The van der Waals surface area contributed by atoms with Crippen LogP contribution in [-0.4, -0.2) is 92.5 Å². The van der Waals surface area contributed by atoms with E-state index in [1.54, 1.807) is 7.11 Å². The molecule has 0 spiro atoms. The summed E-state index contributed by atoms with van der Waals surface area (Å²) in [6, 6.07) is 6.14. The van der Waals surface area contributed by atoms with Gasteiger partial charge in [0, 0.05) is 26.2 Å². The van der Waals surface area contributed by atoms with Gasteiger partial charge >= 0.3 is 0 Å². The molecule has 0 aliphatic carbocycles. The van der Waals surface area contributed by atoms with Crippen LogP contribution < -0.4 is 9.47 Å². The van der Waals surface area contributed by atoms with Crippen molar-refractivity contribution in [3.63, 3.8) is 0 Å². The topological polar surface area (TPSA) is 48.4 Å². The van der Waals surface area contributed by atoms with Gasteiger partial charge in [-0.2, -0.15) is 0 Å². The summed E-state index contributed by atoms with van der Waals surface area (Å²) in [5, 5.41) is 10.5. The van der Waals surface area contributed by atoms with Gasteiger partial charge in [0.05, 0.1) is 7.11 Å². The van der Waals surface area contributed by atoms with Gasteiger partial charge in [0.2, 0.25) is 0 Å². The zero-order valence-electron chi connectivity index (χ0n) is 16.9. The lowest BCUT2D eigenvalue weighted by Gasteiger charge is -2.24. The normalized spacial score (nSPS) is 21.1. The lowest BCUT2D eigenvalue weighted by atomic mass is 10.2. The minimum Gasteiger partial charge on any atom is -0.493 e. The zero-order chi connectivity index (χ0) is 19.1. The van der Waals surface area contributed by atoms with Gasteiger partial charge in [-0.25, -0.2) is 0 Å². The molecule has 0 aromatic heterocycles. The number of aliphatic hydroxyl groups excluding tert-OH is 1. The fourth-order valence-electron chi connectivity index (χ4n) is 3.95. The first-order chi connectivity index (χ1) is 13.1. The molecule has 1 aromatic rings. The summed E-state index contributed by atoms with van der Waals surface area (Å²) >= 11 is 0. The summed E-state index contributed by atoms with van der Waals surface area (Å²) < 4.78 is 11.4. The molecule has 6 heteroatoms. The van der Waals surface area contributed by atoms with E-state index in [4.69, 9.17) is 9.47 Å². The van der Waals surface area contributed by atoms with E-state index in [1.165, 1.54) is 31.5 Å². The Balaban J connectivity index is 1.52. The molecule has 152 valence electrons. The number of β-amino-alcohol motifs (C(OH)–C–C–N with tert-alkyl or cyclic N) is 1. The molecule has 1 unspecified atom stereocenters. The number of rotatable bonds is 8. The molecule has 0 radical (unpaired) electrons. The fraction of sp³-hybridized carbons (Fsp3) is 0.714. The van der Waals surface area contributed by atoms with Gasteiger partial charge in [0.1, 0.15) is 12.7 Å². The molecule has 0 saturated carbocycles. The Morgan fingerprint density at radius 1 is 0.963 bits per heavy atom. The number of aliphatic hydroxyl groups is 1. The number of hydrogen-bond donors (Lipinski definition) is 1. The molecule has 1 atom stereocenters. The number of hydrogen-bond acceptors (Lipinski definition) is 6. The highest BCUT2D eigenvalue weighted by Crippen LogP contribution is 2.29. The van der Waals surface area contributed by atoms with Gasteiger partial charge in [-0.1, -0.05) is 6.07 Å². The van der Waals surface area contributed by atoms with Crippen molar-refractivity contribution in [2.45, 2.75) is 31.9 Å². The predicted octanol–water partition coefficient (Wildman–Crippen LogP) is 1.67. The van der Waals surface area contributed by atoms with E-state index in [1.807, 2.05) is 6.07 Å². The number of nitrogens with zero attached hydrogens (tertiary/aromatic N) is 3. The van der Waals surface area contributed by atoms with Gasteiger partial charge in [-0.3, -0.25) is 9.80 Å². The molecule has 1 aromatic carbocycles. The van der Waals surface area contributed by atoms with Crippen LogP contribution >= 0.6 is 0 Å². The lowest BCUT2D eigenvalue weighted by molar-refractivity contribution is 0.0685. The summed E-state index contributed by atoms with van der Waals surface area (Å²) in [5.74, 6) is 1.45. The predicted molar refractivity (Wildman–Crippen MR) is 108 cm³/mol. The number of likely N-dealkylation sites (N-methyl/N-ethyl adjacent to an activating group) is 1. The van der Waals surface area contributed by atoms with E-state index in [9.17, 15) is 5.11 Å². The highest BCUT2D eigenvalue weighted by atomic mass is 16.5. The maximum absolute atomic E-state index is 10.5. The Labute approximate surface area is 163 Å². The van der Waals surface area contributed by atoms with Crippen LogP contribution in [0.3, 0.4) is 0 Å². The van der Waals surface area contributed by atoms with Gasteiger partial charge in [-0.05, 0) is 70.2 Å². The molecule has 2 fully saturated rings. The SMILES string of the molecule is COc1ccc(CN2CCCC2)cc1OCC(O)CN1CCCN(C)CC1. The first kappa shape index (κ1) is 20.4. The second kappa shape index (κ2) is 10.3. The molecule has 2 heterocycles. The van der Waals surface area contributed by atoms with Crippen LogP contribution in [0.15, 0.2) is 18.2 Å². The van der Waals surface area contributed by atoms with E-state index in [2.05, 4.69) is 33.9 Å². The molecule has 3 rings (SSSR count). The van der Waals surface area contributed by atoms with Crippen molar-refractivity contribution in [1.29, 1.82) is 0 Å². The summed E-state index contributed by atoms with van der Waals surface area (Å²) in [7, 11) is 3.82. The number of methoxy groups -OCH3 is 1. The van der Waals surface area contributed by atoms with E-state index >= 15 is 0 Å². The average Bonchev–Trinajstić information content (AvgIpc) is 3.09. The average molecular weight is 378 g/mol. The highest BCUT2D eigenvalue weighted by Gasteiger charge is 2.17. The van der Waals surface area contributed by atoms with E-state index in [0.29, 0.717) is 6.54 Å². The second-order valence-corrected chi connectivity index (χ2v) is 7.89. The van der Waals surface area contributed by atoms with Crippen LogP contribution in [0.5, 0.6) is 11.5 Å². The van der Waals surface area contributed by atoms with Crippen molar-refractivity contribution in [2.24, 2.45) is 0 Å². The molecule has 0 bridgehead atoms. The third-order valence-electron chi connectivity index (χ3n) is 5.55. The molecule has 6 nitrogen and oxygen atoms in total. The van der Waals surface area contributed by atoms with Crippen LogP contribution in [0, 0.1) is 0 Å². The number of likely N-dealkylation sites (tertiary alicyclic amines) is 1. The maximum atomic E-state index is 10.5. The molecule has 2 aliphatic heterocycles. The molecule has 2 aliphatic rings. The Kier molecular flexibility index (Phi) is 7.76. The monoisotopic (exact) mass is 377 g/mol. The highest BCUT2D eigenvalue weighted by molar-refractivity contribution is 5.43. The van der Waals surface area contributed by atoms with Gasteiger partial charge in [0.15, 0.2) is 11.5 Å². The Morgan fingerprint density at radius 3 is 2.52 bits per heavy atom. The smallest absolute Gasteiger partial charge is 0.161 e. The third kappa shape index (κ3) is 6.35. The van der Waals surface area contributed by atoms with Gasteiger partial charge in [0.25, 0.3) is 0 Å². The van der Waals surface area contributed by atoms with Crippen molar-refractivity contribution < 1.29 is 14.6 Å². The van der Waals surface area contributed by atoms with Crippen molar-refractivity contribution in [3.8, 4) is 11.5 Å². The third-order valence-corrected chi connectivity index (χ3v) is 5.55. The standard InChI is InChI=1S/C21H35N3O3/c1-22-8-5-11-24(13-12-22)16-19(25)17-27-21-14-18(6-7-20(21)26-2)15-23-9-3-4-10-23/h6-7,14,19,25H,3-5,8-13,15-17H2,1-2H3. The van der Waals surface area contributed by atoms with Crippen molar-refractivity contribution >= 4 is 0 Å². The minimum absolute atomic E-state index is 0.288. The molecule has 1 N–H and O–H groups in total. The largest absolute Gasteiger partial charge is 0.493 e. The number of ether oxygens (including phenoxy) is 2. The zero-order valence-corrected chi connectivity index (χ0v) is 16.9. The van der Waals surface area contributed by atoms with Gasteiger partial charge in [-0.15, -0.1) is 0 Å². The fourth-order valence-corrected chi connectivity index (χ4v) is 3.95. The van der Waals surface area contributed by atoms with Crippen LogP contribution in [-0.2, 0) is 6.54 Å². The lowest BCUT2D eigenvalue weighted by Crippen LogP contribution is -2.37. The van der Waals surface area contributed by atoms with Crippen molar-refractivity contribution in [3.05, 3.63) is 23.8 Å². The van der Waals surface area contributed by atoms with Crippen LogP contribution in [0.25, 0.3) is 0 Å². The Hall–Kier alpha value is -1.34. The minimum atomic E-state index is -0.500. The Morgan fingerprint density at radius 2 is 1.74 bits per heavy atom. The quantitative estimate of drug-likeness (QED) is 0.744. The van der Waals surface area contributed by atoms with Gasteiger partial charge < -0.3 is 19.5 Å². The summed E-state index contributed by atoms with van der Waals surface area (Å²) in [6.45, 7) is 8.46. The van der Waals surface area contributed by atoms with E-state index in [-0.39, 0.29) is 6.61 Å². The summed E-state index contributed by atoms with van der Waals surface area (Å²) in [4.78, 5) is 7.15. The van der Waals surface area contributed by atoms with Crippen LogP contribution in [0.2, 0.25) is 0 Å². The van der Waals surface area contributed by atoms with E-state index < -0.39 is 6.10 Å². The van der Waals surface area contributed by atoms with Crippen LogP contribution in [0.4, 0.5) is 0 Å². The molecular formula is C21H35N3O3. The number of benzene rings is 1. The molecule has 0 amide bonds.